The summed E-state index contributed by atoms with van der Waals surface area (Å²) in [5.74, 6) is 0.234. The van der Waals surface area contributed by atoms with Crippen LogP contribution in [0.3, 0.4) is 0 Å². The molecule has 0 spiro atoms. The van der Waals surface area contributed by atoms with Gasteiger partial charge in [-0.25, -0.2) is 0 Å². The molecule has 3 fully saturated rings. The lowest BCUT2D eigenvalue weighted by Gasteiger charge is -2.45. The van der Waals surface area contributed by atoms with E-state index in [-0.39, 0.29) is 42.6 Å². The van der Waals surface area contributed by atoms with E-state index in [9.17, 15) is 14.7 Å². The Balaban J connectivity index is 1.67. The van der Waals surface area contributed by atoms with Gasteiger partial charge in [0, 0.05) is 19.0 Å². The quantitative estimate of drug-likeness (QED) is 0.768. The van der Waals surface area contributed by atoms with Gasteiger partial charge in [-0.15, -0.1) is 0 Å². The van der Waals surface area contributed by atoms with Crippen molar-refractivity contribution in [1.82, 2.24) is 10.2 Å². The minimum atomic E-state index is -0.658. The summed E-state index contributed by atoms with van der Waals surface area (Å²) in [6.45, 7) is 3.38. The number of nitrogens with zero attached hydrogens (tertiary/aromatic N) is 1. The van der Waals surface area contributed by atoms with Crippen LogP contribution in [0.15, 0.2) is 0 Å². The molecule has 2 saturated heterocycles. The van der Waals surface area contributed by atoms with Crippen molar-refractivity contribution < 1.29 is 24.2 Å². The van der Waals surface area contributed by atoms with Crippen molar-refractivity contribution in [3.05, 3.63) is 0 Å². The van der Waals surface area contributed by atoms with Crippen molar-refractivity contribution in [3.8, 4) is 0 Å². The Morgan fingerprint density at radius 1 is 1.15 bits per heavy atom. The van der Waals surface area contributed by atoms with Crippen LogP contribution in [-0.4, -0.2) is 72.5 Å². The molecule has 4 atom stereocenters. The number of carbonyl (C=O) groups is 2. The molecule has 0 radical (unpaired) electrons. The average Bonchev–Trinajstić information content (AvgIpc) is 3.13. The summed E-state index contributed by atoms with van der Waals surface area (Å²) in [4.78, 5) is 26.8. The van der Waals surface area contributed by atoms with Gasteiger partial charge in [-0.2, -0.15) is 0 Å². The molecule has 0 aromatic heterocycles. The van der Waals surface area contributed by atoms with E-state index in [1.165, 1.54) is 0 Å². The lowest BCUT2D eigenvalue weighted by Crippen LogP contribution is -2.58. The normalized spacial score (nSPS) is 33.2. The Morgan fingerprint density at radius 3 is 2.65 bits per heavy atom. The lowest BCUT2D eigenvalue weighted by atomic mass is 9.93. The number of β-amino-alcohol motifs (C(OH)–C–C–N with tert-alkyl or cyclic N) is 1. The van der Waals surface area contributed by atoms with Crippen molar-refractivity contribution in [1.29, 1.82) is 0 Å². The zero-order valence-electron chi connectivity index (χ0n) is 15.7. The van der Waals surface area contributed by atoms with E-state index < -0.39 is 6.10 Å². The maximum atomic E-state index is 13.1. The molecule has 148 valence electrons. The van der Waals surface area contributed by atoms with Crippen LogP contribution in [0.4, 0.5) is 0 Å². The first-order chi connectivity index (χ1) is 12.6. The molecule has 3 aliphatic rings. The van der Waals surface area contributed by atoms with Crippen molar-refractivity contribution in [2.75, 3.05) is 26.3 Å². The van der Waals surface area contributed by atoms with Gasteiger partial charge >= 0.3 is 0 Å². The van der Waals surface area contributed by atoms with E-state index in [0.29, 0.717) is 26.1 Å². The molecule has 3 rings (SSSR count). The van der Waals surface area contributed by atoms with Crippen molar-refractivity contribution in [3.63, 3.8) is 0 Å². The molecule has 2 aliphatic heterocycles. The number of ether oxygens (including phenoxy) is 2. The molecule has 2 N–H and O–H groups in total. The number of hydrogen-bond acceptors (Lipinski definition) is 5. The monoisotopic (exact) mass is 368 g/mol. The highest BCUT2D eigenvalue weighted by Gasteiger charge is 2.41. The van der Waals surface area contributed by atoms with Crippen LogP contribution in [0, 0.1) is 5.92 Å². The Hall–Kier alpha value is -1.18. The summed E-state index contributed by atoms with van der Waals surface area (Å²) in [5.41, 5.74) is 0. The van der Waals surface area contributed by atoms with Crippen LogP contribution in [-0.2, 0) is 19.1 Å². The summed E-state index contributed by atoms with van der Waals surface area (Å²) in [6.07, 6.45) is 4.93. The van der Waals surface area contributed by atoms with Crippen LogP contribution in [0.25, 0.3) is 0 Å². The summed E-state index contributed by atoms with van der Waals surface area (Å²) >= 11 is 0. The van der Waals surface area contributed by atoms with Gasteiger partial charge in [-0.3, -0.25) is 9.59 Å². The predicted octanol–water partition coefficient (Wildman–Crippen LogP) is 0.839. The van der Waals surface area contributed by atoms with E-state index in [2.05, 4.69) is 5.32 Å². The maximum absolute atomic E-state index is 13.1. The number of fused-ring (bicyclic) bond motifs is 1. The van der Waals surface area contributed by atoms with Gasteiger partial charge in [0.05, 0.1) is 37.9 Å². The van der Waals surface area contributed by atoms with Gasteiger partial charge in [0.25, 0.3) is 0 Å². The number of carbonyl (C=O) groups excluding carboxylic acids is 2. The first-order valence-electron chi connectivity index (χ1n) is 10.1. The first kappa shape index (κ1) is 19.6. The highest BCUT2D eigenvalue weighted by atomic mass is 16.5. The van der Waals surface area contributed by atoms with Gasteiger partial charge in [0.2, 0.25) is 11.8 Å². The molecular formula is C19H32N2O5. The second kappa shape index (κ2) is 9.15. The lowest BCUT2D eigenvalue weighted by molar-refractivity contribution is -0.171. The molecule has 26 heavy (non-hydrogen) atoms. The van der Waals surface area contributed by atoms with Crippen LogP contribution in [0.5, 0.6) is 0 Å². The Kier molecular flexibility index (Phi) is 6.89. The minimum Gasteiger partial charge on any atom is -0.389 e. The SMILES string of the molecule is CCNC(=O)C[C@H]1CC[C@@H]2[C@H](COC[C@@H](O)CN2C(=O)C2CCCC2)O1. The second-order valence-corrected chi connectivity index (χ2v) is 7.76. The fourth-order valence-electron chi connectivity index (χ4n) is 4.48. The highest BCUT2D eigenvalue weighted by molar-refractivity contribution is 5.79. The van der Waals surface area contributed by atoms with Crippen molar-refractivity contribution in [2.24, 2.45) is 5.92 Å². The molecule has 1 saturated carbocycles. The molecule has 7 nitrogen and oxygen atoms in total. The molecule has 2 amide bonds. The maximum Gasteiger partial charge on any atom is 0.226 e. The fraction of sp³-hybridized carbons (Fsp3) is 0.895. The van der Waals surface area contributed by atoms with E-state index in [4.69, 9.17) is 9.47 Å². The summed E-state index contributed by atoms with van der Waals surface area (Å²) in [5, 5.41) is 13.0. The van der Waals surface area contributed by atoms with Gasteiger partial charge in [0.15, 0.2) is 0 Å². The van der Waals surface area contributed by atoms with Crippen molar-refractivity contribution >= 4 is 11.8 Å². The Morgan fingerprint density at radius 2 is 1.92 bits per heavy atom. The van der Waals surface area contributed by atoms with Gasteiger partial charge in [-0.1, -0.05) is 12.8 Å². The van der Waals surface area contributed by atoms with E-state index >= 15 is 0 Å². The third kappa shape index (κ3) is 4.75. The largest absolute Gasteiger partial charge is 0.389 e. The molecule has 0 bridgehead atoms. The smallest absolute Gasteiger partial charge is 0.226 e. The second-order valence-electron chi connectivity index (χ2n) is 7.76. The Bertz CT molecular complexity index is 494. The summed E-state index contributed by atoms with van der Waals surface area (Å²) in [6, 6.07) is -0.0801. The predicted molar refractivity (Wildman–Crippen MR) is 95.5 cm³/mol. The number of amides is 2. The van der Waals surface area contributed by atoms with E-state index in [1.54, 1.807) is 0 Å². The van der Waals surface area contributed by atoms with Gasteiger partial charge in [0.1, 0.15) is 6.10 Å². The minimum absolute atomic E-state index is 0.00276. The average molecular weight is 368 g/mol. The summed E-state index contributed by atoms with van der Waals surface area (Å²) < 4.78 is 11.8. The zero-order chi connectivity index (χ0) is 18.5. The van der Waals surface area contributed by atoms with E-state index in [1.807, 2.05) is 11.8 Å². The summed E-state index contributed by atoms with van der Waals surface area (Å²) in [7, 11) is 0. The molecule has 1 aliphatic carbocycles. The van der Waals surface area contributed by atoms with Crippen LogP contribution in [0.2, 0.25) is 0 Å². The fourth-order valence-corrected chi connectivity index (χ4v) is 4.48. The number of hydrogen-bond donors (Lipinski definition) is 2. The molecule has 2 heterocycles. The number of aliphatic hydroxyl groups is 1. The van der Waals surface area contributed by atoms with Gasteiger partial charge < -0.3 is 24.8 Å². The van der Waals surface area contributed by atoms with Crippen LogP contribution >= 0.6 is 0 Å². The van der Waals surface area contributed by atoms with E-state index in [0.717, 1.165) is 38.5 Å². The molecule has 0 aromatic carbocycles. The zero-order valence-corrected chi connectivity index (χ0v) is 15.7. The highest BCUT2D eigenvalue weighted by Crippen LogP contribution is 2.32. The Labute approximate surface area is 155 Å². The topological polar surface area (TPSA) is 88.1 Å². The van der Waals surface area contributed by atoms with Crippen molar-refractivity contribution in [2.45, 2.75) is 76.2 Å². The van der Waals surface area contributed by atoms with Crippen LogP contribution in [0.1, 0.15) is 51.9 Å². The molecule has 0 aromatic rings. The third-order valence-electron chi connectivity index (χ3n) is 5.76. The third-order valence-corrected chi connectivity index (χ3v) is 5.76. The molecule has 0 unspecified atom stereocenters. The first-order valence-corrected chi connectivity index (χ1v) is 10.1. The standard InChI is InChI=1S/C19H32N2O5/c1-2-20-18(23)9-15-7-8-16-17(26-15)12-25-11-14(22)10-21(16)19(24)13-5-3-4-6-13/h13-17,22H,2-12H2,1H3,(H,20,23)/t14-,15+,16+,17-/m0/s1. The van der Waals surface area contributed by atoms with Crippen LogP contribution < -0.4 is 5.32 Å². The molecular weight excluding hydrogens is 336 g/mol. The number of rotatable bonds is 4. The number of nitrogens with one attached hydrogen (secondary N) is 1. The van der Waals surface area contributed by atoms with Gasteiger partial charge in [-0.05, 0) is 32.6 Å². The molecule has 7 heteroatoms. The number of aliphatic hydroxyl groups excluding tert-OH is 1.